The van der Waals surface area contributed by atoms with Gasteiger partial charge in [0.25, 0.3) is 0 Å². The summed E-state index contributed by atoms with van der Waals surface area (Å²) >= 11 is 0. The number of para-hydroxylation sites is 1. The smallest absolute Gasteiger partial charge is 0.229 e. The van der Waals surface area contributed by atoms with Crippen molar-refractivity contribution >= 4 is 23.1 Å². The number of aryl methyl sites for hydroxylation is 3. The van der Waals surface area contributed by atoms with E-state index in [1.165, 1.54) is 11.1 Å². The van der Waals surface area contributed by atoms with Gasteiger partial charge < -0.3 is 10.6 Å². The summed E-state index contributed by atoms with van der Waals surface area (Å²) < 4.78 is 0. The minimum Gasteiger partial charge on any atom is -0.340 e. The summed E-state index contributed by atoms with van der Waals surface area (Å²) in [6.07, 6.45) is 0.949. The number of benzene rings is 2. The molecule has 0 aliphatic rings. The number of rotatable bonds is 5. The monoisotopic (exact) mass is 343 g/mol. The van der Waals surface area contributed by atoms with Crippen LogP contribution in [0.15, 0.2) is 48.5 Å². The van der Waals surface area contributed by atoms with Crippen LogP contribution >= 0.6 is 0 Å². The van der Waals surface area contributed by atoms with E-state index in [1.54, 1.807) is 12.1 Å². The van der Waals surface area contributed by atoms with Gasteiger partial charge in [-0.25, -0.2) is 4.98 Å². The lowest BCUT2D eigenvalue weighted by Gasteiger charge is -2.15. The van der Waals surface area contributed by atoms with Crippen LogP contribution in [0.2, 0.25) is 0 Å². The lowest BCUT2D eigenvalue weighted by Crippen LogP contribution is -2.04. The fourth-order valence-electron chi connectivity index (χ4n) is 2.78. The maximum absolute atomic E-state index is 8.89. The number of nitrogens with zero attached hydrogens (tertiary/aromatic N) is 3. The first-order valence-corrected chi connectivity index (χ1v) is 8.57. The second kappa shape index (κ2) is 7.66. The molecule has 0 unspecified atom stereocenters. The van der Waals surface area contributed by atoms with E-state index in [0.29, 0.717) is 11.5 Å². The molecule has 0 bridgehead atoms. The van der Waals surface area contributed by atoms with Crippen molar-refractivity contribution in [1.29, 1.82) is 5.26 Å². The van der Waals surface area contributed by atoms with Crippen LogP contribution in [0.5, 0.6) is 0 Å². The van der Waals surface area contributed by atoms with Gasteiger partial charge in [0.05, 0.1) is 11.6 Å². The molecule has 2 aromatic carbocycles. The van der Waals surface area contributed by atoms with Crippen molar-refractivity contribution in [1.82, 2.24) is 9.97 Å². The van der Waals surface area contributed by atoms with Crippen LogP contribution in [-0.2, 0) is 6.42 Å². The van der Waals surface area contributed by atoms with E-state index in [0.717, 1.165) is 29.3 Å². The van der Waals surface area contributed by atoms with Crippen LogP contribution in [0, 0.1) is 25.2 Å². The van der Waals surface area contributed by atoms with Crippen LogP contribution in [0.3, 0.4) is 0 Å². The minimum atomic E-state index is 0.517. The summed E-state index contributed by atoms with van der Waals surface area (Å²) in [6, 6.07) is 17.5. The third-order valence-corrected chi connectivity index (χ3v) is 4.12. The van der Waals surface area contributed by atoms with E-state index in [-0.39, 0.29) is 0 Å². The summed E-state index contributed by atoms with van der Waals surface area (Å²) in [6.45, 7) is 6.17. The summed E-state index contributed by atoms with van der Waals surface area (Å²) in [4.78, 5) is 9.04. The highest BCUT2D eigenvalue weighted by atomic mass is 15.1. The van der Waals surface area contributed by atoms with E-state index in [9.17, 15) is 0 Å². The zero-order valence-electron chi connectivity index (χ0n) is 15.2. The van der Waals surface area contributed by atoms with Crippen molar-refractivity contribution in [2.75, 3.05) is 10.6 Å². The Morgan fingerprint density at radius 2 is 1.77 bits per heavy atom. The summed E-state index contributed by atoms with van der Waals surface area (Å²) in [5, 5.41) is 15.5. The molecule has 0 aliphatic carbocycles. The molecule has 5 heteroatoms. The minimum absolute atomic E-state index is 0.517. The second-order valence-corrected chi connectivity index (χ2v) is 6.12. The Labute approximate surface area is 153 Å². The molecule has 0 fully saturated rings. The van der Waals surface area contributed by atoms with Crippen molar-refractivity contribution in [2.24, 2.45) is 0 Å². The van der Waals surface area contributed by atoms with Gasteiger partial charge in [-0.3, -0.25) is 0 Å². The number of nitrogens with one attached hydrogen (secondary N) is 2. The van der Waals surface area contributed by atoms with E-state index in [4.69, 9.17) is 5.26 Å². The fourth-order valence-corrected chi connectivity index (χ4v) is 2.78. The molecule has 3 aromatic rings. The lowest BCUT2D eigenvalue weighted by atomic mass is 10.1. The third kappa shape index (κ3) is 3.98. The first kappa shape index (κ1) is 17.4. The van der Waals surface area contributed by atoms with Crippen LogP contribution < -0.4 is 10.6 Å². The molecule has 2 N–H and O–H groups in total. The van der Waals surface area contributed by atoms with Gasteiger partial charge in [0.1, 0.15) is 5.82 Å². The van der Waals surface area contributed by atoms with Crippen molar-refractivity contribution in [3.05, 3.63) is 70.9 Å². The topological polar surface area (TPSA) is 73.6 Å². The molecule has 1 aromatic heterocycles. The largest absolute Gasteiger partial charge is 0.340 e. The van der Waals surface area contributed by atoms with Crippen LogP contribution in [0.1, 0.15) is 29.3 Å². The number of hydrogen-bond donors (Lipinski definition) is 2. The first-order chi connectivity index (χ1) is 12.6. The summed E-state index contributed by atoms with van der Waals surface area (Å²) in [7, 11) is 0. The predicted octanol–water partition coefficient (Wildman–Crippen LogP) is 5.01. The van der Waals surface area contributed by atoms with Gasteiger partial charge in [0.2, 0.25) is 5.95 Å². The lowest BCUT2D eigenvalue weighted by molar-refractivity contribution is 1.09. The first-order valence-electron chi connectivity index (χ1n) is 8.57. The Hall–Kier alpha value is -3.39. The summed E-state index contributed by atoms with van der Waals surface area (Å²) in [5.74, 6) is 1.27. The summed E-state index contributed by atoms with van der Waals surface area (Å²) in [5.41, 5.74) is 5.85. The van der Waals surface area contributed by atoms with Crippen molar-refractivity contribution < 1.29 is 0 Å². The maximum Gasteiger partial charge on any atom is 0.229 e. The maximum atomic E-state index is 8.89. The van der Waals surface area contributed by atoms with Gasteiger partial charge in [-0.05, 0) is 55.7 Å². The molecule has 0 aliphatic heterocycles. The molecular weight excluding hydrogens is 322 g/mol. The van der Waals surface area contributed by atoms with Crippen molar-refractivity contribution in [3.63, 3.8) is 0 Å². The number of aromatic nitrogens is 2. The standard InChI is InChI=1S/C21H21N5/c1-4-17-7-5-6-14(2)20(17)25-19-12-15(3)23-21(26-19)24-18-10-8-16(13-22)9-11-18/h5-12H,4H2,1-3H3,(H2,23,24,25,26). The van der Waals surface area contributed by atoms with Crippen LogP contribution in [0.4, 0.5) is 23.1 Å². The quantitative estimate of drug-likeness (QED) is 0.681. The van der Waals surface area contributed by atoms with Crippen LogP contribution in [0.25, 0.3) is 0 Å². The molecule has 0 amide bonds. The highest BCUT2D eigenvalue weighted by Gasteiger charge is 2.08. The molecule has 0 saturated carbocycles. The van der Waals surface area contributed by atoms with Gasteiger partial charge in [0.15, 0.2) is 0 Å². The molecule has 0 radical (unpaired) electrons. The van der Waals surface area contributed by atoms with E-state index >= 15 is 0 Å². The highest BCUT2D eigenvalue weighted by molar-refractivity contribution is 5.66. The molecule has 26 heavy (non-hydrogen) atoms. The Morgan fingerprint density at radius 3 is 2.46 bits per heavy atom. The SMILES string of the molecule is CCc1cccc(C)c1Nc1cc(C)nc(Nc2ccc(C#N)cc2)n1. The number of anilines is 4. The zero-order chi connectivity index (χ0) is 18.5. The zero-order valence-corrected chi connectivity index (χ0v) is 15.2. The molecular formula is C21H21N5. The molecule has 0 atom stereocenters. The highest BCUT2D eigenvalue weighted by Crippen LogP contribution is 2.25. The van der Waals surface area contributed by atoms with E-state index < -0.39 is 0 Å². The number of hydrogen-bond acceptors (Lipinski definition) is 5. The Morgan fingerprint density at radius 1 is 1.00 bits per heavy atom. The van der Waals surface area contributed by atoms with Crippen LogP contribution in [-0.4, -0.2) is 9.97 Å². The molecule has 3 rings (SSSR count). The second-order valence-electron chi connectivity index (χ2n) is 6.12. The average Bonchev–Trinajstić information content (AvgIpc) is 2.63. The van der Waals surface area contributed by atoms with Gasteiger partial charge >= 0.3 is 0 Å². The predicted molar refractivity (Wildman–Crippen MR) is 105 cm³/mol. The fraction of sp³-hybridized carbons (Fsp3) is 0.190. The molecule has 1 heterocycles. The Balaban J connectivity index is 1.87. The molecule has 130 valence electrons. The van der Waals surface area contributed by atoms with E-state index in [2.05, 4.69) is 58.7 Å². The molecule has 5 nitrogen and oxygen atoms in total. The Kier molecular flexibility index (Phi) is 5.14. The van der Waals surface area contributed by atoms with Gasteiger partial charge in [0, 0.05) is 23.1 Å². The van der Waals surface area contributed by atoms with Gasteiger partial charge in [-0.2, -0.15) is 10.2 Å². The van der Waals surface area contributed by atoms with Crippen molar-refractivity contribution in [2.45, 2.75) is 27.2 Å². The Bertz CT molecular complexity index is 955. The number of nitriles is 1. The normalized spacial score (nSPS) is 10.2. The molecule has 0 saturated heterocycles. The van der Waals surface area contributed by atoms with E-state index in [1.807, 2.05) is 25.1 Å². The van der Waals surface area contributed by atoms with Gasteiger partial charge in [-0.1, -0.05) is 25.1 Å². The average molecular weight is 343 g/mol. The molecule has 0 spiro atoms. The third-order valence-electron chi connectivity index (χ3n) is 4.12. The van der Waals surface area contributed by atoms with Gasteiger partial charge in [-0.15, -0.1) is 0 Å². The van der Waals surface area contributed by atoms with Crippen molar-refractivity contribution in [3.8, 4) is 6.07 Å².